The van der Waals surface area contributed by atoms with Crippen LogP contribution in [0.25, 0.3) is 0 Å². The van der Waals surface area contributed by atoms with E-state index < -0.39 is 53.3 Å². The summed E-state index contributed by atoms with van der Waals surface area (Å²) in [7, 11) is 0. The molecule has 18 heteroatoms. The molecule has 4 heterocycles. The van der Waals surface area contributed by atoms with Crippen LogP contribution in [0.1, 0.15) is 72.2 Å². The number of imide groups is 2. The number of aromatic nitrogens is 1. The van der Waals surface area contributed by atoms with Gasteiger partial charge in [-0.25, -0.2) is 9.37 Å². The summed E-state index contributed by atoms with van der Waals surface area (Å²) in [6.45, 7) is 1.74. The first-order chi connectivity index (χ1) is 32.2. The van der Waals surface area contributed by atoms with Gasteiger partial charge in [0.15, 0.2) is 5.13 Å². The van der Waals surface area contributed by atoms with E-state index in [1.54, 1.807) is 35.8 Å². The third-order valence-electron chi connectivity index (χ3n) is 10.7. The van der Waals surface area contributed by atoms with Gasteiger partial charge in [0.05, 0.1) is 49.7 Å². The number of carbonyl (C=O) groups excluding carboxylic acids is 6. The third-order valence-corrected chi connectivity index (χ3v) is 11.4. The minimum atomic E-state index is -1.28. The molecule has 66 heavy (non-hydrogen) atoms. The van der Waals surface area contributed by atoms with Crippen LogP contribution >= 0.6 is 11.3 Å². The molecule has 8 rings (SSSR count). The molecule has 3 aliphatic rings. The van der Waals surface area contributed by atoms with Crippen LogP contribution in [-0.4, -0.2) is 103 Å². The molecule has 0 radical (unpaired) electrons. The number of ether oxygens (including phenoxy) is 5. The van der Waals surface area contributed by atoms with E-state index in [-0.39, 0.29) is 94.7 Å². The zero-order valence-electron chi connectivity index (χ0n) is 35.3. The van der Waals surface area contributed by atoms with Crippen molar-refractivity contribution in [3.8, 4) is 23.3 Å². The maximum atomic E-state index is 14.9. The summed E-state index contributed by atoms with van der Waals surface area (Å²) in [4.78, 5) is 84.5. The number of nitrogens with zero attached hydrogens (tertiary/aromatic N) is 3. The molecule has 2 N–H and O–H groups in total. The highest BCUT2D eigenvalue weighted by atomic mass is 32.1. The van der Waals surface area contributed by atoms with Crippen molar-refractivity contribution in [3.63, 3.8) is 0 Å². The number of halogens is 1. The average molecular weight is 916 g/mol. The summed E-state index contributed by atoms with van der Waals surface area (Å²) in [6.07, 6.45) is 1.65. The molecule has 5 aromatic rings. The quantitative estimate of drug-likeness (QED) is 0.0636. The van der Waals surface area contributed by atoms with Crippen LogP contribution in [0.3, 0.4) is 0 Å². The molecular formula is C48H42FN5O11S. The summed E-state index contributed by atoms with van der Waals surface area (Å²) in [5, 5.41) is 6.98. The van der Waals surface area contributed by atoms with E-state index in [1.807, 2.05) is 30.3 Å². The lowest BCUT2D eigenvalue weighted by atomic mass is 10.0. The average Bonchev–Trinajstić information content (AvgIpc) is 4.01. The highest BCUT2D eigenvalue weighted by Crippen LogP contribution is 2.38. The smallest absolute Gasteiger partial charge is 0.262 e. The molecular weight excluding hydrogens is 874 g/mol. The van der Waals surface area contributed by atoms with Crippen molar-refractivity contribution in [2.24, 2.45) is 0 Å². The molecule has 2 unspecified atom stereocenters. The lowest BCUT2D eigenvalue weighted by Crippen LogP contribution is -2.54. The Morgan fingerprint density at radius 1 is 0.848 bits per heavy atom. The molecule has 0 bridgehead atoms. The van der Waals surface area contributed by atoms with E-state index >= 15 is 0 Å². The zero-order chi connectivity index (χ0) is 46.0. The Bertz CT molecular complexity index is 2710. The number of piperidine rings is 1. The maximum absolute atomic E-state index is 14.9. The molecule has 6 amide bonds. The SMILES string of the molecule is O=C1CCC(N2C(=O)c3ccc(OCCOCCOCCOCC#Cc4cccc5c4C(=O)N(C(C(=O)Nc4nccs4)c4cc(F)ccc4OCc4ccccc4)C5)cc3C2=O)C(=O)N1. The fourth-order valence-corrected chi connectivity index (χ4v) is 8.19. The number of rotatable bonds is 19. The van der Waals surface area contributed by atoms with Gasteiger partial charge in [0, 0.05) is 35.7 Å². The first kappa shape index (κ1) is 45.3. The number of fused-ring (bicyclic) bond motifs is 2. The molecule has 0 saturated carbocycles. The minimum Gasteiger partial charge on any atom is -0.491 e. The molecule has 16 nitrogen and oxygen atoms in total. The molecule has 4 aromatic carbocycles. The summed E-state index contributed by atoms with van der Waals surface area (Å²) >= 11 is 1.21. The number of hydrogen-bond donors (Lipinski definition) is 2. The second-order valence-corrected chi connectivity index (χ2v) is 15.9. The number of anilines is 1. The van der Waals surface area contributed by atoms with Gasteiger partial charge < -0.3 is 28.6 Å². The van der Waals surface area contributed by atoms with Gasteiger partial charge in [-0.3, -0.25) is 44.3 Å². The van der Waals surface area contributed by atoms with E-state index in [2.05, 4.69) is 27.5 Å². The monoisotopic (exact) mass is 915 g/mol. The van der Waals surface area contributed by atoms with Gasteiger partial charge in [-0.05, 0) is 60.0 Å². The summed E-state index contributed by atoms with van der Waals surface area (Å²) in [5.74, 6) is 2.62. The zero-order valence-corrected chi connectivity index (χ0v) is 36.1. The highest BCUT2D eigenvalue weighted by Gasteiger charge is 2.45. The minimum absolute atomic E-state index is 0.0361. The topological polar surface area (TPSA) is 192 Å². The highest BCUT2D eigenvalue weighted by molar-refractivity contribution is 7.13. The van der Waals surface area contributed by atoms with Crippen LogP contribution in [0.15, 0.2) is 96.5 Å². The largest absolute Gasteiger partial charge is 0.491 e. The Hall–Kier alpha value is -7.30. The molecule has 2 atom stereocenters. The van der Waals surface area contributed by atoms with Crippen molar-refractivity contribution < 1.29 is 56.8 Å². The van der Waals surface area contributed by atoms with Crippen LogP contribution in [0.4, 0.5) is 9.52 Å². The van der Waals surface area contributed by atoms with Gasteiger partial charge in [0.25, 0.3) is 23.6 Å². The fraction of sp³-hybridized carbons (Fsp3) is 0.271. The van der Waals surface area contributed by atoms with E-state index in [0.29, 0.717) is 27.6 Å². The lowest BCUT2D eigenvalue weighted by molar-refractivity contribution is -0.136. The Kier molecular flexibility index (Phi) is 14.5. The Morgan fingerprint density at radius 3 is 2.39 bits per heavy atom. The molecule has 0 aliphatic carbocycles. The normalized spacial score (nSPS) is 15.8. The van der Waals surface area contributed by atoms with Crippen LogP contribution in [-0.2, 0) is 41.7 Å². The van der Waals surface area contributed by atoms with Crippen molar-refractivity contribution in [1.82, 2.24) is 20.1 Å². The summed E-state index contributed by atoms with van der Waals surface area (Å²) in [6, 6.07) is 20.8. The van der Waals surface area contributed by atoms with Crippen LogP contribution in [0.2, 0.25) is 0 Å². The first-order valence-electron chi connectivity index (χ1n) is 21.0. The lowest BCUT2D eigenvalue weighted by Gasteiger charge is -2.28. The predicted molar refractivity (Wildman–Crippen MR) is 235 cm³/mol. The van der Waals surface area contributed by atoms with Gasteiger partial charge >= 0.3 is 0 Å². The number of carbonyl (C=O) groups is 6. The number of nitrogens with one attached hydrogen (secondary N) is 2. The molecule has 1 saturated heterocycles. The van der Waals surface area contributed by atoms with Gasteiger partial charge in [0.2, 0.25) is 11.8 Å². The van der Waals surface area contributed by atoms with Crippen molar-refractivity contribution in [1.29, 1.82) is 0 Å². The maximum Gasteiger partial charge on any atom is 0.262 e. The van der Waals surface area contributed by atoms with Crippen molar-refractivity contribution in [2.45, 2.75) is 38.1 Å². The first-order valence-corrected chi connectivity index (χ1v) is 21.8. The van der Waals surface area contributed by atoms with Crippen molar-refractivity contribution in [3.05, 3.63) is 141 Å². The van der Waals surface area contributed by atoms with Crippen LogP contribution in [0.5, 0.6) is 11.5 Å². The molecule has 1 fully saturated rings. The van der Waals surface area contributed by atoms with E-state index in [9.17, 15) is 33.2 Å². The van der Waals surface area contributed by atoms with Crippen molar-refractivity contribution in [2.75, 3.05) is 51.6 Å². The number of amides is 6. The van der Waals surface area contributed by atoms with E-state index in [0.717, 1.165) is 10.5 Å². The van der Waals surface area contributed by atoms with Crippen LogP contribution < -0.4 is 20.1 Å². The number of benzene rings is 4. The second kappa shape index (κ2) is 21.1. The fourth-order valence-electron chi connectivity index (χ4n) is 7.66. The Balaban J connectivity index is 0.783. The summed E-state index contributed by atoms with van der Waals surface area (Å²) < 4.78 is 43.6. The number of thiazole rings is 1. The van der Waals surface area contributed by atoms with Gasteiger partial charge in [-0.15, -0.1) is 11.3 Å². The van der Waals surface area contributed by atoms with E-state index in [1.165, 1.54) is 46.6 Å². The van der Waals surface area contributed by atoms with Crippen LogP contribution in [0, 0.1) is 17.7 Å². The summed E-state index contributed by atoms with van der Waals surface area (Å²) in [5.41, 5.74) is 2.78. The molecule has 0 spiro atoms. The number of hydrogen-bond acceptors (Lipinski definition) is 13. The van der Waals surface area contributed by atoms with Gasteiger partial charge in [0.1, 0.15) is 49.2 Å². The van der Waals surface area contributed by atoms with Gasteiger partial charge in [-0.2, -0.15) is 0 Å². The molecule has 1 aromatic heterocycles. The Morgan fingerprint density at radius 2 is 1.62 bits per heavy atom. The predicted octanol–water partition coefficient (Wildman–Crippen LogP) is 5.08. The molecule has 3 aliphatic heterocycles. The second-order valence-electron chi connectivity index (χ2n) is 15.0. The standard InChI is InChI=1S/C48H42FN5O11S/c49-33-11-15-39(65-29-30-6-2-1-3-7-30)37(26-33)42(44(57)52-48-50-17-25-66-48)53-28-32-9-4-8-31(41(32)47(53)60)10-5-18-61-19-20-62-21-22-63-23-24-64-34-12-13-35-36(27-34)46(59)54(45(35)58)38-14-16-40(55)51-43(38)56/h1-4,6-9,11-13,15,17,25-27,38,42H,14,16,18-24,28-29H2,(H,50,52,57)(H,51,55,56). The van der Waals surface area contributed by atoms with E-state index in [4.69, 9.17) is 23.7 Å². The van der Waals surface area contributed by atoms with Gasteiger partial charge in [-0.1, -0.05) is 54.3 Å². The van der Waals surface area contributed by atoms with Crippen molar-refractivity contribution >= 4 is 51.9 Å². The third kappa shape index (κ3) is 10.5. The molecule has 338 valence electrons. The Labute approximate surface area is 381 Å².